The van der Waals surface area contributed by atoms with Crippen LogP contribution in [0.5, 0.6) is 0 Å². The Bertz CT molecular complexity index is 146. The van der Waals surface area contributed by atoms with Crippen molar-refractivity contribution in [3.63, 3.8) is 0 Å². The highest BCUT2D eigenvalue weighted by Gasteiger charge is 1.88. The number of aromatic nitrogens is 1. The third-order valence-corrected chi connectivity index (χ3v) is 1.98. The molecule has 0 radical (unpaired) electrons. The molecule has 0 saturated heterocycles. The zero-order valence-corrected chi connectivity index (χ0v) is 6.92. The summed E-state index contributed by atoms with van der Waals surface area (Å²) in [6.07, 6.45) is 1.84. The van der Waals surface area contributed by atoms with Gasteiger partial charge in [-0.2, -0.15) is 0 Å². The molecule has 0 atom stereocenters. The molecule has 0 fully saturated rings. The molecule has 0 unspecified atom stereocenters. The largest absolute Gasteiger partial charge is 0.344 e. The maximum Gasteiger partial charge on any atom is 0.159 e. The van der Waals surface area contributed by atoms with E-state index in [0.29, 0.717) is 0 Å². The van der Waals surface area contributed by atoms with Crippen molar-refractivity contribution >= 4 is 27.3 Å². The van der Waals surface area contributed by atoms with E-state index in [1.165, 1.54) is 4.88 Å². The number of halogens is 1. The average Bonchev–Trinajstić information content (AvgIpc) is 1.87. The van der Waals surface area contributed by atoms with Gasteiger partial charge in [0.15, 0.2) is 3.92 Å². The van der Waals surface area contributed by atoms with E-state index < -0.39 is 0 Å². The van der Waals surface area contributed by atoms with E-state index in [4.69, 9.17) is 0 Å². The first-order chi connectivity index (χ1) is 3.29. The van der Waals surface area contributed by atoms with Crippen LogP contribution in [-0.2, 0) is 0 Å². The standard InChI is InChI=1S/C4H4BrNS.H3N/c1-3-2-6-4(5)7-3;/h2H,1H3;1H3. The van der Waals surface area contributed by atoms with Gasteiger partial charge in [-0.25, -0.2) is 4.98 Å². The highest BCUT2D eigenvalue weighted by Crippen LogP contribution is 2.16. The van der Waals surface area contributed by atoms with Gasteiger partial charge in [-0.1, -0.05) is 0 Å². The van der Waals surface area contributed by atoms with E-state index in [2.05, 4.69) is 20.9 Å². The Kier molecular flexibility index (Phi) is 3.19. The summed E-state index contributed by atoms with van der Waals surface area (Å²) in [6, 6.07) is 0. The Balaban J connectivity index is 0.000000490. The minimum Gasteiger partial charge on any atom is -0.344 e. The molecule has 0 bridgehead atoms. The second-order valence-electron chi connectivity index (χ2n) is 1.22. The molecule has 1 rings (SSSR count). The fourth-order valence-corrected chi connectivity index (χ4v) is 1.67. The predicted molar refractivity (Wildman–Crippen MR) is 39.6 cm³/mol. The lowest BCUT2D eigenvalue weighted by molar-refractivity contribution is 1.35. The van der Waals surface area contributed by atoms with Crippen LogP contribution in [0.15, 0.2) is 10.1 Å². The van der Waals surface area contributed by atoms with Crippen LogP contribution in [-0.4, -0.2) is 4.98 Å². The summed E-state index contributed by atoms with van der Waals surface area (Å²) >= 11 is 4.89. The molecule has 46 valence electrons. The summed E-state index contributed by atoms with van der Waals surface area (Å²) in [6.45, 7) is 2.03. The van der Waals surface area contributed by atoms with Crippen molar-refractivity contribution in [1.82, 2.24) is 11.1 Å². The fourth-order valence-electron chi connectivity index (χ4n) is 0.327. The van der Waals surface area contributed by atoms with Crippen molar-refractivity contribution in [2.45, 2.75) is 6.92 Å². The first kappa shape index (κ1) is 8.07. The SMILES string of the molecule is Cc1cnc(Br)s1.N. The second-order valence-corrected chi connectivity index (χ2v) is 3.73. The quantitative estimate of drug-likeness (QED) is 0.690. The van der Waals surface area contributed by atoms with Gasteiger partial charge in [-0.15, -0.1) is 11.3 Å². The van der Waals surface area contributed by atoms with E-state index in [1.807, 2.05) is 13.1 Å². The van der Waals surface area contributed by atoms with Crippen LogP contribution in [0.3, 0.4) is 0 Å². The topological polar surface area (TPSA) is 47.9 Å². The van der Waals surface area contributed by atoms with Crippen molar-refractivity contribution in [1.29, 1.82) is 0 Å². The molecule has 1 aromatic heterocycles. The lowest BCUT2D eigenvalue weighted by atomic mass is 10.7. The Hall–Kier alpha value is 0.0700. The Morgan fingerprint density at radius 2 is 2.38 bits per heavy atom. The van der Waals surface area contributed by atoms with Crippen LogP contribution in [0.2, 0.25) is 0 Å². The zero-order valence-electron chi connectivity index (χ0n) is 4.52. The van der Waals surface area contributed by atoms with Gasteiger partial charge in [-0.05, 0) is 22.9 Å². The summed E-state index contributed by atoms with van der Waals surface area (Å²) in [5.74, 6) is 0. The summed E-state index contributed by atoms with van der Waals surface area (Å²) < 4.78 is 0.963. The molecule has 3 N–H and O–H groups in total. The van der Waals surface area contributed by atoms with Crippen molar-refractivity contribution in [3.05, 3.63) is 15.0 Å². The maximum atomic E-state index is 3.95. The molecule has 1 aromatic rings. The molecule has 0 saturated carbocycles. The van der Waals surface area contributed by atoms with Crippen molar-refractivity contribution < 1.29 is 0 Å². The predicted octanol–water partition coefficient (Wildman–Crippen LogP) is 2.38. The van der Waals surface area contributed by atoms with Gasteiger partial charge in [0.2, 0.25) is 0 Å². The first-order valence-electron chi connectivity index (χ1n) is 1.87. The van der Waals surface area contributed by atoms with Crippen molar-refractivity contribution in [3.8, 4) is 0 Å². The van der Waals surface area contributed by atoms with Crippen molar-refractivity contribution in [2.24, 2.45) is 0 Å². The number of hydrogen-bond donors (Lipinski definition) is 1. The highest BCUT2D eigenvalue weighted by atomic mass is 79.9. The molecule has 1 heterocycles. The minimum absolute atomic E-state index is 0. The number of thiazole rings is 1. The monoisotopic (exact) mass is 194 g/mol. The minimum atomic E-state index is 0. The molecule has 0 amide bonds. The smallest absolute Gasteiger partial charge is 0.159 e. The maximum absolute atomic E-state index is 3.95. The average molecular weight is 195 g/mol. The van der Waals surface area contributed by atoms with Gasteiger partial charge < -0.3 is 6.15 Å². The molecule has 0 aliphatic rings. The summed E-state index contributed by atoms with van der Waals surface area (Å²) in [5.41, 5.74) is 0. The van der Waals surface area contributed by atoms with Gasteiger partial charge in [0.05, 0.1) is 0 Å². The van der Waals surface area contributed by atoms with E-state index in [0.717, 1.165) is 3.92 Å². The molecule has 4 heteroatoms. The summed E-state index contributed by atoms with van der Waals surface area (Å²) in [7, 11) is 0. The third kappa shape index (κ3) is 1.90. The van der Waals surface area contributed by atoms with Crippen LogP contribution in [0.4, 0.5) is 0 Å². The Morgan fingerprint density at radius 1 is 1.75 bits per heavy atom. The summed E-state index contributed by atoms with van der Waals surface area (Å²) in [4.78, 5) is 5.19. The molecular formula is C4H7BrN2S. The Labute approximate surface area is 60.7 Å². The van der Waals surface area contributed by atoms with Gasteiger partial charge in [-0.3, -0.25) is 0 Å². The number of hydrogen-bond acceptors (Lipinski definition) is 3. The zero-order chi connectivity index (χ0) is 5.28. The molecule has 2 nitrogen and oxygen atoms in total. The number of rotatable bonds is 0. The number of aryl methyl sites for hydroxylation is 1. The highest BCUT2D eigenvalue weighted by molar-refractivity contribution is 9.11. The van der Waals surface area contributed by atoms with Gasteiger partial charge >= 0.3 is 0 Å². The van der Waals surface area contributed by atoms with E-state index >= 15 is 0 Å². The first-order valence-corrected chi connectivity index (χ1v) is 3.48. The fraction of sp³-hybridized carbons (Fsp3) is 0.250. The third-order valence-electron chi connectivity index (χ3n) is 0.593. The molecule has 8 heavy (non-hydrogen) atoms. The summed E-state index contributed by atoms with van der Waals surface area (Å²) in [5, 5.41) is 0. The lowest BCUT2D eigenvalue weighted by Crippen LogP contribution is -1.51. The lowest BCUT2D eigenvalue weighted by Gasteiger charge is -1.66. The van der Waals surface area contributed by atoms with E-state index in [9.17, 15) is 0 Å². The molecule has 0 aliphatic carbocycles. The van der Waals surface area contributed by atoms with Crippen molar-refractivity contribution in [2.75, 3.05) is 0 Å². The van der Waals surface area contributed by atoms with Crippen LogP contribution < -0.4 is 6.15 Å². The van der Waals surface area contributed by atoms with E-state index in [1.54, 1.807) is 11.3 Å². The van der Waals surface area contributed by atoms with Crippen LogP contribution in [0, 0.1) is 6.92 Å². The van der Waals surface area contributed by atoms with Crippen LogP contribution >= 0.6 is 27.3 Å². The molecule has 0 aliphatic heterocycles. The Morgan fingerprint density at radius 3 is 2.50 bits per heavy atom. The number of nitrogens with zero attached hydrogens (tertiary/aromatic N) is 1. The van der Waals surface area contributed by atoms with Gasteiger partial charge in [0, 0.05) is 11.1 Å². The normalized spacial score (nSPS) is 8.25. The van der Waals surface area contributed by atoms with Crippen LogP contribution in [0.25, 0.3) is 0 Å². The van der Waals surface area contributed by atoms with Gasteiger partial charge in [0.1, 0.15) is 0 Å². The van der Waals surface area contributed by atoms with Gasteiger partial charge in [0.25, 0.3) is 0 Å². The molecular weight excluding hydrogens is 188 g/mol. The molecule has 0 spiro atoms. The van der Waals surface area contributed by atoms with E-state index in [-0.39, 0.29) is 6.15 Å². The van der Waals surface area contributed by atoms with Crippen LogP contribution in [0.1, 0.15) is 4.88 Å². The second kappa shape index (κ2) is 3.17. The molecule has 0 aromatic carbocycles.